The van der Waals surface area contributed by atoms with Crippen molar-refractivity contribution in [2.75, 3.05) is 0 Å². The van der Waals surface area contributed by atoms with E-state index in [2.05, 4.69) is 24.5 Å². The Morgan fingerprint density at radius 2 is 1.80 bits per heavy atom. The number of unbranched alkanes of at least 4 members (excludes halogenated alkanes) is 3. The molecule has 118 valence electrons. The van der Waals surface area contributed by atoms with Crippen LogP contribution in [0.4, 0.5) is 0 Å². The minimum atomic E-state index is -0.0712. The SMILES string of the molecule is CCCCCCC(C)NC(C)C(=O)NC1CCCCC1. The topological polar surface area (TPSA) is 41.1 Å². The fourth-order valence-electron chi connectivity index (χ4n) is 3.04. The van der Waals surface area contributed by atoms with E-state index in [1.54, 1.807) is 0 Å². The first-order valence-corrected chi connectivity index (χ1v) is 8.70. The summed E-state index contributed by atoms with van der Waals surface area (Å²) in [5.74, 6) is 0.178. The lowest BCUT2D eigenvalue weighted by atomic mass is 9.95. The lowest BCUT2D eigenvalue weighted by molar-refractivity contribution is -0.123. The lowest BCUT2D eigenvalue weighted by Gasteiger charge is -2.26. The second kappa shape index (κ2) is 10.2. The number of nitrogens with one attached hydrogen (secondary N) is 2. The van der Waals surface area contributed by atoms with Crippen molar-refractivity contribution in [2.45, 2.75) is 103 Å². The standard InChI is InChI=1S/C17H34N2O/c1-4-5-6-8-11-14(2)18-15(3)17(20)19-16-12-9-7-10-13-16/h14-16,18H,4-13H2,1-3H3,(H,19,20). The summed E-state index contributed by atoms with van der Waals surface area (Å²) in [4.78, 5) is 12.1. The minimum Gasteiger partial charge on any atom is -0.352 e. The van der Waals surface area contributed by atoms with Crippen LogP contribution in [-0.2, 0) is 4.79 Å². The predicted molar refractivity (Wildman–Crippen MR) is 85.8 cm³/mol. The molecule has 2 N–H and O–H groups in total. The van der Waals surface area contributed by atoms with Gasteiger partial charge in [0.05, 0.1) is 6.04 Å². The summed E-state index contributed by atoms with van der Waals surface area (Å²) in [6.45, 7) is 6.41. The molecule has 1 amide bonds. The minimum absolute atomic E-state index is 0.0712. The Morgan fingerprint density at radius 1 is 1.10 bits per heavy atom. The average molecular weight is 282 g/mol. The third-order valence-corrected chi connectivity index (χ3v) is 4.37. The normalized spacial score (nSPS) is 19.6. The van der Waals surface area contributed by atoms with Crippen LogP contribution in [0.2, 0.25) is 0 Å². The third-order valence-electron chi connectivity index (χ3n) is 4.37. The fraction of sp³-hybridized carbons (Fsp3) is 0.941. The zero-order valence-corrected chi connectivity index (χ0v) is 13.7. The van der Waals surface area contributed by atoms with E-state index < -0.39 is 0 Å². The molecule has 0 bridgehead atoms. The maximum atomic E-state index is 12.1. The van der Waals surface area contributed by atoms with Gasteiger partial charge in [0.1, 0.15) is 0 Å². The van der Waals surface area contributed by atoms with Crippen LogP contribution in [-0.4, -0.2) is 24.0 Å². The average Bonchev–Trinajstić information content (AvgIpc) is 2.44. The molecule has 3 nitrogen and oxygen atoms in total. The monoisotopic (exact) mass is 282 g/mol. The van der Waals surface area contributed by atoms with Gasteiger partial charge in [-0.3, -0.25) is 4.79 Å². The van der Waals surface area contributed by atoms with Gasteiger partial charge in [0.2, 0.25) is 5.91 Å². The van der Waals surface area contributed by atoms with Gasteiger partial charge < -0.3 is 10.6 Å². The maximum absolute atomic E-state index is 12.1. The van der Waals surface area contributed by atoms with Gasteiger partial charge in [-0.15, -0.1) is 0 Å². The largest absolute Gasteiger partial charge is 0.352 e. The number of amides is 1. The molecule has 0 aromatic rings. The highest BCUT2D eigenvalue weighted by Gasteiger charge is 2.20. The molecule has 1 fully saturated rings. The van der Waals surface area contributed by atoms with E-state index in [0.717, 1.165) is 12.8 Å². The molecule has 0 heterocycles. The number of carbonyl (C=O) groups is 1. The van der Waals surface area contributed by atoms with E-state index in [-0.39, 0.29) is 11.9 Å². The molecule has 3 heteroatoms. The highest BCUT2D eigenvalue weighted by atomic mass is 16.2. The lowest BCUT2D eigenvalue weighted by Crippen LogP contribution is -2.49. The fourth-order valence-corrected chi connectivity index (χ4v) is 3.04. The van der Waals surface area contributed by atoms with Crippen LogP contribution in [0.25, 0.3) is 0 Å². The molecule has 1 rings (SSSR count). The number of hydrogen-bond donors (Lipinski definition) is 2. The Bertz CT molecular complexity index is 262. The van der Waals surface area contributed by atoms with Crippen molar-refractivity contribution in [1.29, 1.82) is 0 Å². The molecule has 0 aliphatic heterocycles. The summed E-state index contributed by atoms with van der Waals surface area (Å²) < 4.78 is 0. The van der Waals surface area contributed by atoms with E-state index in [1.807, 2.05) is 6.92 Å². The molecular formula is C17H34N2O. The molecule has 1 aliphatic carbocycles. The first kappa shape index (κ1) is 17.5. The number of hydrogen-bond acceptors (Lipinski definition) is 2. The first-order valence-electron chi connectivity index (χ1n) is 8.70. The Kier molecular flexibility index (Phi) is 8.92. The van der Waals surface area contributed by atoms with E-state index >= 15 is 0 Å². The third kappa shape index (κ3) is 7.28. The maximum Gasteiger partial charge on any atom is 0.237 e. The van der Waals surface area contributed by atoms with E-state index in [9.17, 15) is 4.79 Å². The van der Waals surface area contributed by atoms with Gasteiger partial charge in [0, 0.05) is 12.1 Å². The van der Waals surface area contributed by atoms with Gasteiger partial charge in [-0.2, -0.15) is 0 Å². The van der Waals surface area contributed by atoms with E-state index in [0.29, 0.717) is 12.1 Å². The summed E-state index contributed by atoms with van der Waals surface area (Å²) in [5, 5.41) is 6.63. The summed E-state index contributed by atoms with van der Waals surface area (Å²) in [6, 6.07) is 0.775. The molecule has 0 radical (unpaired) electrons. The Morgan fingerprint density at radius 3 is 2.45 bits per heavy atom. The van der Waals surface area contributed by atoms with Gasteiger partial charge in [-0.05, 0) is 33.1 Å². The van der Waals surface area contributed by atoms with Crippen LogP contribution in [0.15, 0.2) is 0 Å². The van der Waals surface area contributed by atoms with Gasteiger partial charge in [0.25, 0.3) is 0 Å². The molecule has 1 aliphatic rings. The predicted octanol–water partition coefficient (Wildman–Crippen LogP) is 3.77. The first-order chi connectivity index (χ1) is 9.63. The van der Waals surface area contributed by atoms with Crippen molar-refractivity contribution >= 4 is 5.91 Å². The van der Waals surface area contributed by atoms with Crippen LogP contribution < -0.4 is 10.6 Å². The quantitative estimate of drug-likeness (QED) is 0.632. The molecule has 1 saturated carbocycles. The van der Waals surface area contributed by atoms with Crippen molar-refractivity contribution in [3.63, 3.8) is 0 Å². The summed E-state index contributed by atoms with van der Waals surface area (Å²) >= 11 is 0. The summed E-state index contributed by atoms with van der Waals surface area (Å²) in [6.07, 6.45) is 12.5. The molecule has 0 saturated heterocycles. The van der Waals surface area contributed by atoms with Gasteiger partial charge in [0.15, 0.2) is 0 Å². The van der Waals surface area contributed by atoms with E-state index in [1.165, 1.54) is 51.4 Å². The van der Waals surface area contributed by atoms with Crippen LogP contribution in [0, 0.1) is 0 Å². The molecular weight excluding hydrogens is 248 g/mol. The van der Waals surface area contributed by atoms with Crippen LogP contribution in [0.1, 0.15) is 85.0 Å². The summed E-state index contributed by atoms with van der Waals surface area (Å²) in [5.41, 5.74) is 0. The van der Waals surface area contributed by atoms with Crippen molar-refractivity contribution in [3.8, 4) is 0 Å². The van der Waals surface area contributed by atoms with E-state index in [4.69, 9.17) is 0 Å². The molecule has 0 aromatic heterocycles. The number of carbonyl (C=O) groups excluding carboxylic acids is 1. The molecule has 20 heavy (non-hydrogen) atoms. The van der Waals surface area contributed by atoms with Gasteiger partial charge >= 0.3 is 0 Å². The molecule has 0 aromatic carbocycles. The highest BCUT2D eigenvalue weighted by Crippen LogP contribution is 2.17. The van der Waals surface area contributed by atoms with Crippen LogP contribution in [0.5, 0.6) is 0 Å². The Balaban J connectivity index is 2.15. The Hall–Kier alpha value is -0.570. The molecule has 0 spiro atoms. The zero-order valence-electron chi connectivity index (χ0n) is 13.7. The zero-order chi connectivity index (χ0) is 14.8. The second-order valence-electron chi connectivity index (χ2n) is 6.48. The van der Waals surface area contributed by atoms with Crippen molar-refractivity contribution in [3.05, 3.63) is 0 Å². The summed E-state index contributed by atoms with van der Waals surface area (Å²) in [7, 11) is 0. The van der Waals surface area contributed by atoms with Gasteiger partial charge in [-0.25, -0.2) is 0 Å². The molecule has 2 unspecified atom stereocenters. The van der Waals surface area contributed by atoms with Crippen LogP contribution >= 0.6 is 0 Å². The van der Waals surface area contributed by atoms with Crippen LogP contribution in [0.3, 0.4) is 0 Å². The number of rotatable bonds is 9. The van der Waals surface area contributed by atoms with Crippen molar-refractivity contribution in [1.82, 2.24) is 10.6 Å². The Labute approximate surface area is 125 Å². The molecule has 2 atom stereocenters. The van der Waals surface area contributed by atoms with Crippen molar-refractivity contribution in [2.24, 2.45) is 0 Å². The smallest absolute Gasteiger partial charge is 0.237 e. The van der Waals surface area contributed by atoms with Gasteiger partial charge in [-0.1, -0.05) is 51.9 Å². The van der Waals surface area contributed by atoms with Crippen molar-refractivity contribution < 1.29 is 4.79 Å². The highest BCUT2D eigenvalue weighted by molar-refractivity contribution is 5.81. The second-order valence-corrected chi connectivity index (χ2v) is 6.48.